The molecule has 104 valence electrons. The maximum absolute atomic E-state index is 13.6. The van der Waals surface area contributed by atoms with Crippen LogP contribution in [-0.2, 0) is 11.2 Å². The Hall–Kier alpha value is -0.890. The smallest absolute Gasteiger partial charge is 0.140 e. The van der Waals surface area contributed by atoms with Gasteiger partial charge in [-0.3, -0.25) is 4.79 Å². The van der Waals surface area contributed by atoms with E-state index in [9.17, 15) is 9.18 Å². The van der Waals surface area contributed by atoms with E-state index in [1.807, 2.05) is 0 Å². The van der Waals surface area contributed by atoms with Gasteiger partial charge in [0.2, 0.25) is 0 Å². The second-order valence-corrected chi connectivity index (χ2v) is 5.86. The Bertz CT molecular complexity index is 436. The lowest BCUT2D eigenvalue weighted by Crippen LogP contribution is -2.18. The zero-order valence-corrected chi connectivity index (χ0v) is 11.9. The molecule has 1 aromatic rings. The van der Waals surface area contributed by atoms with Gasteiger partial charge in [-0.2, -0.15) is 0 Å². The number of halogens is 2. The van der Waals surface area contributed by atoms with Crippen molar-refractivity contribution >= 4 is 17.4 Å². The average molecular weight is 283 g/mol. The van der Waals surface area contributed by atoms with Crippen molar-refractivity contribution in [1.29, 1.82) is 0 Å². The summed E-state index contributed by atoms with van der Waals surface area (Å²) in [7, 11) is 0. The standard InChI is InChI=1S/C16H20ClFO/c17-14-8-9-15(18)13(10-14)11-16(19)12-6-4-2-1-3-5-7-12/h8-10,12H,1-7,11H2. The van der Waals surface area contributed by atoms with Gasteiger partial charge in [-0.05, 0) is 36.6 Å². The van der Waals surface area contributed by atoms with Crippen LogP contribution in [0.1, 0.15) is 50.5 Å². The Kier molecular flexibility index (Phi) is 5.38. The van der Waals surface area contributed by atoms with Crippen LogP contribution in [0.5, 0.6) is 0 Å². The van der Waals surface area contributed by atoms with Crippen molar-refractivity contribution in [3.05, 3.63) is 34.6 Å². The second kappa shape index (κ2) is 7.04. The van der Waals surface area contributed by atoms with Gasteiger partial charge in [0.1, 0.15) is 11.6 Å². The van der Waals surface area contributed by atoms with Gasteiger partial charge >= 0.3 is 0 Å². The van der Waals surface area contributed by atoms with Gasteiger partial charge in [0.15, 0.2) is 0 Å². The first kappa shape index (κ1) is 14.5. The SMILES string of the molecule is O=C(Cc1cc(Cl)ccc1F)C1CCCCCCC1. The van der Waals surface area contributed by atoms with Crippen molar-refractivity contribution in [2.45, 2.75) is 51.4 Å². The van der Waals surface area contributed by atoms with E-state index >= 15 is 0 Å². The molecular formula is C16H20ClFO. The zero-order chi connectivity index (χ0) is 13.7. The van der Waals surface area contributed by atoms with Crippen molar-refractivity contribution in [3.8, 4) is 0 Å². The molecular weight excluding hydrogens is 263 g/mol. The molecule has 1 aliphatic rings. The molecule has 0 bridgehead atoms. The average Bonchev–Trinajstić information content (AvgIpc) is 2.33. The number of hydrogen-bond donors (Lipinski definition) is 0. The lowest BCUT2D eigenvalue weighted by molar-refractivity contribution is -0.122. The number of carbonyl (C=O) groups excluding carboxylic acids is 1. The minimum atomic E-state index is -0.330. The van der Waals surface area contributed by atoms with Crippen LogP contribution in [0.25, 0.3) is 0 Å². The summed E-state index contributed by atoms with van der Waals surface area (Å²) in [5.41, 5.74) is 0.430. The van der Waals surface area contributed by atoms with Gasteiger partial charge in [0.25, 0.3) is 0 Å². The van der Waals surface area contributed by atoms with Crippen LogP contribution >= 0.6 is 11.6 Å². The molecule has 0 N–H and O–H groups in total. The monoisotopic (exact) mass is 282 g/mol. The van der Waals surface area contributed by atoms with Crippen molar-refractivity contribution in [3.63, 3.8) is 0 Å². The fourth-order valence-corrected chi connectivity index (χ4v) is 2.98. The summed E-state index contributed by atoms with van der Waals surface area (Å²) in [6.45, 7) is 0. The largest absolute Gasteiger partial charge is 0.299 e. The maximum atomic E-state index is 13.6. The Morgan fingerprint density at radius 3 is 2.47 bits per heavy atom. The van der Waals surface area contributed by atoms with E-state index in [0.29, 0.717) is 10.6 Å². The quantitative estimate of drug-likeness (QED) is 0.766. The number of carbonyl (C=O) groups is 1. The van der Waals surface area contributed by atoms with Gasteiger partial charge in [-0.25, -0.2) is 4.39 Å². The summed E-state index contributed by atoms with van der Waals surface area (Å²) in [5.74, 6) is -0.0506. The molecule has 0 spiro atoms. The Morgan fingerprint density at radius 1 is 1.16 bits per heavy atom. The Balaban J connectivity index is 2.00. The Labute approximate surface area is 119 Å². The third-order valence-corrected chi connectivity index (χ3v) is 4.17. The minimum absolute atomic E-state index is 0.110. The van der Waals surface area contributed by atoms with Crippen LogP contribution in [0.4, 0.5) is 4.39 Å². The van der Waals surface area contributed by atoms with Crippen LogP contribution in [0.3, 0.4) is 0 Å². The maximum Gasteiger partial charge on any atom is 0.140 e. The number of hydrogen-bond acceptors (Lipinski definition) is 1. The number of Topliss-reactive ketones (excluding diaryl/α,β-unsaturated/α-hetero) is 1. The van der Waals surface area contributed by atoms with E-state index in [1.165, 1.54) is 31.4 Å². The third-order valence-electron chi connectivity index (χ3n) is 3.93. The van der Waals surface area contributed by atoms with Gasteiger partial charge in [0, 0.05) is 17.4 Å². The molecule has 0 aliphatic heterocycles. The highest BCUT2D eigenvalue weighted by molar-refractivity contribution is 6.30. The highest BCUT2D eigenvalue weighted by Crippen LogP contribution is 2.25. The zero-order valence-electron chi connectivity index (χ0n) is 11.1. The van der Waals surface area contributed by atoms with Crippen molar-refractivity contribution in [2.24, 2.45) is 5.92 Å². The molecule has 0 heterocycles. The lowest BCUT2D eigenvalue weighted by Gasteiger charge is -2.18. The third kappa shape index (κ3) is 4.31. The fraction of sp³-hybridized carbons (Fsp3) is 0.562. The second-order valence-electron chi connectivity index (χ2n) is 5.42. The number of benzene rings is 1. The molecule has 2 rings (SSSR count). The first-order valence-electron chi connectivity index (χ1n) is 7.13. The van der Waals surface area contributed by atoms with Crippen molar-refractivity contribution in [2.75, 3.05) is 0 Å². The highest BCUT2D eigenvalue weighted by atomic mass is 35.5. The van der Waals surface area contributed by atoms with Gasteiger partial charge in [-0.1, -0.05) is 43.7 Å². The lowest BCUT2D eigenvalue weighted by atomic mass is 9.86. The number of ketones is 1. The molecule has 0 radical (unpaired) electrons. The van der Waals surface area contributed by atoms with Gasteiger partial charge in [-0.15, -0.1) is 0 Å². The summed E-state index contributed by atoms with van der Waals surface area (Å²) in [6, 6.07) is 4.42. The molecule has 1 aliphatic carbocycles. The van der Waals surface area contributed by atoms with Crippen LogP contribution in [-0.4, -0.2) is 5.78 Å². The molecule has 0 aromatic heterocycles. The molecule has 1 aromatic carbocycles. The molecule has 1 saturated carbocycles. The van der Waals surface area contributed by atoms with Crippen LogP contribution in [0.2, 0.25) is 5.02 Å². The number of rotatable bonds is 3. The van der Waals surface area contributed by atoms with E-state index < -0.39 is 0 Å². The molecule has 0 saturated heterocycles. The van der Waals surface area contributed by atoms with Crippen molar-refractivity contribution in [1.82, 2.24) is 0 Å². The van der Waals surface area contributed by atoms with Gasteiger partial charge in [0.05, 0.1) is 0 Å². The molecule has 3 heteroatoms. The molecule has 1 nitrogen and oxygen atoms in total. The first-order valence-corrected chi connectivity index (χ1v) is 7.51. The predicted molar refractivity (Wildman–Crippen MR) is 75.9 cm³/mol. The summed E-state index contributed by atoms with van der Waals surface area (Å²) < 4.78 is 13.6. The summed E-state index contributed by atoms with van der Waals surface area (Å²) in [5, 5.41) is 0.488. The normalized spacial score (nSPS) is 17.8. The molecule has 0 atom stereocenters. The summed E-state index contributed by atoms with van der Waals surface area (Å²) in [4.78, 5) is 12.3. The Morgan fingerprint density at radius 2 is 1.79 bits per heavy atom. The molecule has 1 fully saturated rings. The van der Waals surface area contributed by atoms with Crippen LogP contribution in [0.15, 0.2) is 18.2 Å². The van der Waals surface area contributed by atoms with Gasteiger partial charge < -0.3 is 0 Å². The summed E-state index contributed by atoms with van der Waals surface area (Å²) >= 11 is 5.86. The van der Waals surface area contributed by atoms with Crippen LogP contribution < -0.4 is 0 Å². The van der Waals surface area contributed by atoms with E-state index in [2.05, 4.69) is 0 Å². The van der Waals surface area contributed by atoms with E-state index in [1.54, 1.807) is 6.07 Å². The van der Waals surface area contributed by atoms with Crippen LogP contribution in [0, 0.1) is 11.7 Å². The molecule has 0 unspecified atom stereocenters. The molecule has 0 amide bonds. The molecule has 19 heavy (non-hydrogen) atoms. The first-order chi connectivity index (χ1) is 9.16. The van der Waals surface area contributed by atoms with Crippen molar-refractivity contribution < 1.29 is 9.18 Å². The topological polar surface area (TPSA) is 17.1 Å². The summed E-state index contributed by atoms with van der Waals surface area (Å²) in [6.07, 6.45) is 8.05. The van der Waals surface area contributed by atoms with E-state index in [4.69, 9.17) is 11.6 Å². The predicted octanol–water partition coefficient (Wildman–Crippen LogP) is 4.95. The minimum Gasteiger partial charge on any atom is -0.299 e. The van der Waals surface area contributed by atoms with E-state index in [0.717, 1.165) is 25.7 Å². The highest BCUT2D eigenvalue weighted by Gasteiger charge is 2.20. The van der Waals surface area contributed by atoms with E-state index in [-0.39, 0.29) is 23.9 Å². The fourth-order valence-electron chi connectivity index (χ4n) is 2.79.